The average molecular weight is 202 g/mol. The second-order valence-corrected chi connectivity index (χ2v) is 4.43. The summed E-state index contributed by atoms with van der Waals surface area (Å²) in [6.45, 7) is 4.26. The third-order valence-electron chi connectivity index (χ3n) is 2.25. The Kier molecular flexibility index (Phi) is 3.14. The van der Waals surface area contributed by atoms with E-state index in [2.05, 4.69) is 5.32 Å². The lowest BCUT2D eigenvalue weighted by atomic mass is 10.0. The predicted octanol–water partition coefficient (Wildman–Crippen LogP) is -1.01. The van der Waals surface area contributed by atoms with Gasteiger partial charge in [-0.15, -0.1) is 0 Å². The molecule has 0 aliphatic carbocycles. The summed E-state index contributed by atoms with van der Waals surface area (Å²) in [6, 6.07) is 0. The van der Waals surface area contributed by atoms with Crippen molar-refractivity contribution in [3.63, 3.8) is 0 Å². The van der Waals surface area contributed by atoms with Gasteiger partial charge in [-0.3, -0.25) is 4.79 Å². The zero-order valence-corrected chi connectivity index (χ0v) is 8.67. The standard InChI is InChI=1S/C9H18N2O3/c1-8(2,10)7(12)11-5-9(13)3-4-14-6-9/h13H,3-6,10H2,1-2H3,(H,11,12). The summed E-state index contributed by atoms with van der Waals surface area (Å²) in [6.07, 6.45) is 0.554. The Hall–Kier alpha value is -0.650. The molecule has 1 aliphatic rings. The molecule has 1 unspecified atom stereocenters. The molecule has 0 aromatic heterocycles. The molecule has 0 saturated carbocycles. The van der Waals surface area contributed by atoms with Crippen molar-refractivity contribution < 1.29 is 14.6 Å². The third kappa shape index (κ3) is 2.94. The summed E-state index contributed by atoms with van der Waals surface area (Å²) in [7, 11) is 0. The Labute approximate surface area is 83.6 Å². The van der Waals surface area contributed by atoms with Crippen LogP contribution in [0.4, 0.5) is 0 Å². The summed E-state index contributed by atoms with van der Waals surface area (Å²) < 4.78 is 5.05. The molecule has 5 heteroatoms. The van der Waals surface area contributed by atoms with Crippen molar-refractivity contribution in [3.05, 3.63) is 0 Å². The van der Waals surface area contributed by atoms with Gasteiger partial charge in [0.25, 0.3) is 0 Å². The Balaban J connectivity index is 2.37. The zero-order chi connectivity index (χ0) is 10.8. The van der Waals surface area contributed by atoms with Crippen LogP contribution in [0.3, 0.4) is 0 Å². The minimum absolute atomic E-state index is 0.201. The molecule has 5 nitrogen and oxygen atoms in total. The summed E-state index contributed by atoms with van der Waals surface area (Å²) in [5.41, 5.74) is 3.76. The first-order chi connectivity index (χ1) is 6.33. The Morgan fingerprint density at radius 3 is 2.79 bits per heavy atom. The van der Waals surface area contributed by atoms with Crippen LogP contribution in [0.1, 0.15) is 20.3 Å². The molecule has 1 heterocycles. The van der Waals surface area contributed by atoms with Crippen molar-refractivity contribution in [1.29, 1.82) is 0 Å². The van der Waals surface area contributed by atoms with E-state index in [9.17, 15) is 9.90 Å². The number of hydrogen-bond donors (Lipinski definition) is 3. The number of nitrogens with two attached hydrogens (primary N) is 1. The highest BCUT2D eigenvalue weighted by molar-refractivity contribution is 5.85. The second kappa shape index (κ2) is 3.84. The molecule has 1 amide bonds. The first-order valence-electron chi connectivity index (χ1n) is 4.71. The van der Waals surface area contributed by atoms with E-state index in [4.69, 9.17) is 10.5 Å². The maximum atomic E-state index is 11.4. The van der Waals surface area contributed by atoms with Gasteiger partial charge in [-0.05, 0) is 13.8 Å². The molecule has 0 spiro atoms. The molecule has 14 heavy (non-hydrogen) atoms. The smallest absolute Gasteiger partial charge is 0.239 e. The monoisotopic (exact) mass is 202 g/mol. The number of carbonyl (C=O) groups is 1. The van der Waals surface area contributed by atoms with Gasteiger partial charge in [0.2, 0.25) is 5.91 Å². The van der Waals surface area contributed by atoms with E-state index in [1.54, 1.807) is 13.8 Å². The van der Waals surface area contributed by atoms with Crippen LogP contribution in [0.15, 0.2) is 0 Å². The fraction of sp³-hybridized carbons (Fsp3) is 0.889. The lowest BCUT2D eigenvalue weighted by Gasteiger charge is -2.24. The van der Waals surface area contributed by atoms with Crippen LogP contribution in [0.25, 0.3) is 0 Å². The van der Waals surface area contributed by atoms with Gasteiger partial charge in [0, 0.05) is 19.6 Å². The fourth-order valence-corrected chi connectivity index (χ4v) is 1.21. The van der Waals surface area contributed by atoms with Crippen molar-refractivity contribution in [2.24, 2.45) is 5.73 Å². The number of rotatable bonds is 3. The van der Waals surface area contributed by atoms with Crippen molar-refractivity contribution >= 4 is 5.91 Å². The highest BCUT2D eigenvalue weighted by atomic mass is 16.5. The van der Waals surface area contributed by atoms with E-state index in [0.717, 1.165) is 0 Å². The molecular formula is C9H18N2O3. The Morgan fingerprint density at radius 1 is 1.71 bits per heavy atom. The number of carbonyl (C=O) groups excluding carboxylic acids is 1. The highest BCUT2D eigenvalue weighted by Crippen LogP contribution is 2.17. The summed E-state index contributed by atoms with van der Waals surface area (Å²) in [5, 5.41) is 12.4. The topological polar surface area (TPSA) is 84.6 Å². The molecule has 0 bridgehead atoms. The molecule has 0 aromatic carbocycles. The maximum absolute atomic E-state index is 11.4. The van der Waals surface area contributed by atoms with Crippen molar-refractivity contribution in [1.82, 2.24) is 5.32 Å². The van der Waals surface area contributed by atoms with Crippen molar-refractivity contribution in [3.8, 4) is 0 Å². The van der Waals surface area contributed by atoms with Gasteiger partial charge in [-0.2, -0.15) is 0 Å². The van der Waals surface area contributed by atoms with Crippen LogP contribution in [0.5, 0.6) is 0 Å². The van der Waals surface area contributed by atoms with Crippen LogP contribution in [0.2, 0.25) is 0 Å². The minimum atomic E-state index is -0.916. The van der Waals surface area contributed by atoms with E-state index >= 15 is 0 Å². The van der Waals surface area contributed by atoms with E-state index in [-0.39, 0.29) is 19.1 Å². The lowest BCUT2D eigenvalue weighted by Crippen LogP contribution is -2.53. The molecule has 1 rings (SSSR count). The first-order valence-corrected chi connectivity index (χ1v) is 4.71. The van der Waals surface area contributed by atoms with Gasteiger partial charge in [0.05, 0.1) is 12.1 Å². The van der Waals surface area contributed by atoms with Crippen LogP contribution < -0.4 is 11.1 Å². The van der Waals surface area contributed by atoms with Crippen LogP contribution in [0, 0.1) is 0 Å². The van der Waals surface area contributed by atoms with E-state index < -0.39 is 11.1 Å². The molecule has 1 aliphatic heterocycles. The lowest BCUT2D eigenvalue weighted by molar-refractivity contribution is -0.126. The molecule has 1 atom stereocenters. The summed E-state index contributed by atoms with van der Waals surface area (Å²) >= 11 is 0. The molecule has 1 fully saturated rings. The quantitative estimate of drug-likeness (QED) is 0.547. The first kappa shape index (κ1) is 11.4. The van der Waals surface area contributed by atoms with Gasteiger partial charge in [0.1, 0.15) is 5.60 Å². The molecule has 4 N–H and O–H groups in total. The zero-order valence-electron chi connectivity index (χ0n) is 8.67. The summed E-state index contributed by atoms with van der Waals surface area (Å²) in [4.78, 5) is 11.4. The van der Waals surface area contributed by atoms with Crippen molar-refractivity contribution in [2.45, 2.75) is 31.4 Å². The van der Waals surface area contributed by atoms with Crippen molar-refractivity contribution in [2.75, 3.05) is 19.8 Å². The normalized spacial score (nSPS) is 27.7. The molecule has 0 aromatic rings. The fourth-order valence-electron chi connectivity index (χ4n) is 1.21. The number of amides is 1. The van der Waals surface area contributed by atoms with Gasteiger partial charge < -0.3 is 20.9 Å². The van der Waals surface area contributed by atoms with E-state index in [1.165, 1.54) is 0 Å². The molecule has 1 saturated heterocycles. The molecule has 0 radical (unpaired) electrons. The van der Waals surface area contributed by atoms with Gasteiger partial charge in [-0.1, -0.05) is 0 Å². The number of aliphatic hydroxyl groups is 1. The number of hydrogen-bond acceptors (Lipinski definition) is 4. The number of nitrogens with one attached hydrogen (secondary N) is 1. The highest BCUT2D eigenvalue weighted by Gasteiger charge is 2.33. The molecule has 82 valence electrons. The largest absolute Gasteiger partial charge is 0.386 e. The van der Waals surface area contributed by atoms with E-state index in [1.807, 2.05) is 0 Å². The summed E-state index contributed by atoms with van der Waals surface area (Å²) in [5.74, 6) is -0.266. The van der Waals surface area contributed by atoms with Gasteiger partial charge >= 0.3 is 0 Å². The Morgan fingerprint density at radius 2 is 2.36 bits per heavy atom. The number of ether oxygens (including phenoxy) is 1. The average Bonchev–Trinajstić information content (AvgIpc) is 2.47. The van der Waals surface area contributed by atoms with Crippen LogP contribution in [-0.2, 0) is 9.53 Å². The van der Waals surface area contributed by atoms with Gasteiger partial charge in [-0.25, -0.2) is 0 Å². The maximum Gasteiger partial charge on any atom is 0.239 e. The molecular weight excluding hydrogens is 184 g/mol. The van der Waals surface area contributed by atoms with Crippen LogP contribution in [-0.4, -0.2) is 41.9 Å². The minimum Gasteiger partial charge on any atom is -0.386 e. The third-order valence-corrected chi connectivity index (χ3v) is 2.25. The van der Waals surface area contributed by atoms with E-state index in [0.29, 0.717) is 13.0 Å². The second-order valence-electron chi connectivity index (χ2n) is 4.43. The SMILES string of the molecule is CC(C)(N)C(=O)NCC1(O)CCOC1. The predicted molar refractivity (Wildman–Crippen MR) is 51.7 cm³/mol. The van der Waals surface area contributed by atoms with Crippen LogP contribution >= 0.6 is 0 Å². The Bertz CT molecular complexity index is 217. The van der Waals surface area contributed by atoms with Gasteiger partial charge in [0.15, 0.2) is 0 Å².